The Bertz CT molecular complexity index is 1120. The number of hydrogen-bond donors (Lipinski definition) is 3. The van der Waals surface area contributed by atoms with Crippen molar-refractivity contribution in [3.63, 3.8) is 0 Å². The summed E-state index contributed by atoms with van der Waals surface area (Å²) >= 11 is 0. The van der Waals surface area contributed by atoms with Crippen LogP contribution in [0.3, 0.4) is 0 Å². The van der Waals surface area contributed by atoms with Crippen LogP contribution in [0.25, 0.3) is 11.2 Å². The second-order valence-corrected chi connectivity index (χ2v) is 6.79. The van der Waals surface area contributed by atoms with E-state index in [1.807, 2.05) is 20.8 Å². The van der Waals surface area contributed by atoms with Crippen LogP contribution < -0.4 is 16.7 Å². The van der Waals surface area contributed by atoms with Gasteiger partial charge in [0.2, 0.25) is 5.95 Å². The molecule has 3 rings (SSSR count). The Balaban J connectivity index is 2.07. The third-order valence-corrected chi connectivity index (χ3v) is 4.16. The molecule has 0 radical (unpaired) electrons. The number of rotatable bonds is 5. The van der Waals surface area contributed by atoms with E-state index in [-0.39, 0.29) is 11.7 Å². The summed E-state index contributed by atoms with van der Waals surface area (Å²) in [5.41, 5.74) is 4.04. The molecule has 1 aromatic carbocycles. The molecule has 0 bridgehead atoms. The number of phenolic OH excluding ortho intramolecular Hbond substituents is 1. The fourth-order valence-corrected chi connectivity index (χ4v) is 2.76. The summed E-state index contributed by atoms with van der Waals surface area (Å²) in [5.74, 6) is 0.809. The number of benzene rings is 1. The molecule has 0 saturated carbocycles. The summed E-state index contributed by atoms with van der Waals surface area (Å²) in [5, 5.41) is 13.7. The van der Waals surface area contributed by atoms with Crippen molar-refractivity contribution in [2.45, 2.75) is 27.3 Å². The largest absolute Gasteiger partial charge is 0.508 e. The number of aromatic amines is 1. The van der Waals surface area contributed by atoms with Crippen LogP contribution in [0.15, 0.2) is 39.0 Å². The molecule has 0 saturated heterocycles. The number of nitrogens with zero attached hydrogens (tertiary/aromatic N) is 4. The molecule has 0 aliphatic carbocycles. The highest BCUT2D eigenvalue weighted by Gasteiger charge is 2.18. The monoisotopic (exact) mass is 370 g/mol. The van der Waals surface area contributed by atoms with Crippen molar-refractivity contribution in [3.8, 4) is 5.75 Å². The molecule has 2 aromatic heterocycles. The van der Waals surface area contributed by atoms with Crippen LogP contribution >= 0.6 is 0 Å². The Morgan fingerprint density at radius 3 is 2.59 bits per heavy atom. The molecule has 0 fully saturated rings. The second kappa shape index (κ2) is 7.10. The zero-order chi connectivity index (χ0) is 19.7. The van der Waals surface area contributed by atoms with Crippen molar-refractivity contribution < 1.29 is 5.11 Å². The van der Waals surface area contributed by atoms with Crippen molar-refractivity contribution in [3.05, 3.63) is 50.7 Å². The maximum Gasteiger partial charge on any atom is 0.329 e. The quantitative estimate of drug-likeness (QED) is 0.466. The highest BCUT2D eigenvalue weighted by molar-refractivity contribution is 5.99. The first-order valence-corrected chi connectivity index (χ1v) is 8.57. The predicted octanol–water partition coefficient (Wildman–Crippen LogP) is 1.62. The Kier molecular flexibility index (Phi) is 4.85. The molecule has 9 heteroatoms. The van der Waals surface area contributed by atoms with Crippen molar-refractivity contribution in [2.75, 3.05) is 5.43 Å². The molecule has 27 heavy (non-hydrogen) atoms. The number of hydrogen-bond acceptors (Lipinski definition) is 6. The van der Waals surface area contributed by atoms with Crippen LogP contribution in [-0.2, 0) is 13.6 Å². The molecular formula is C18H22N6O3. The summed E-state index contributed by atoms with van der Waals surface area (Å²) in [7, 11) is 1.56. The minimum Gasteiger partial charge on any atom is -0.508 e. The Labute approximate surface area is 155 Å². The van der Waals surface area contributed by atoms with Gasteiger partial charge in [-0.1, -0.05) is 13.8 Å². The molecule has 0 amide bonds. The lowest BCUT2D eigenvalue weighted by molar-refractivity contribution is 0.475. The lowest BCUT2D eigenvalue weighted by Gasteiger charge is -2.11. The maximum absolute atomic E-state index is 12.3. The van der Waals surface area contributed by atoms with E-state index in [1.165, 1.54) is 4.57 Å². The van der Waals surface area contributed by atoms with Gasteiger partial charge in [-0.2, -0.15) is 10.1 Å². The summed E-state index contributed by atoms with van der Waals surface area (Å²) in [4.78, 5) is 30.9. The van der Waals surface area contributed by atoms with E-state index >= 15 is 0 Å². The molecule has 142 valence electrons. The first kappa shape index (κ1) is 18.4. The van der Waals surface area contributed by atoms with E-state index in [1.54, 1.807) is 35.9 Å². The first-order valence-electron chi connectivity index (χ1n) is 8.57. The first-order chi connectivity index (χ1) is 12.8. The number of imidazole rings is 1. The lowest BCUT2D eigenvalue weighted by Crippen LogP contribution is -2.29. The van der Waals surface area contributed by atoms with E-state index < -0.39 is 11.2 Å². The van der Waals surface area contributed by atoms with Crippen LogP contribution in [0.4, 0.5) is 5.95 Å². The molecule has 9 nitrogen and oxygen atoms in total. The number of anilines is 1. The number of nitrogens with one attached hydrogen (secondary N) is 2. The van der Waals surface area contributed by atoms with Gasteiger partial charge in [0.15, 0.2) is 11.2 Å². The fourth-order valence-electron chi connectivity index (χ4n) is 2.76. The summed E-state index contributed by atoms with van der Waals surface area (Å²) in [6.07, 6.45) is 0. The Morgan fingerprint density at radius 1 is 1.30 bits per heavy atom. The minimum atomic E-state index is -0.517. The van der Waals surface area contributed by atoms with E-state index in [0.717, 1.165) is 5.56 Å². The van der Waals surface area contributed by atoms with Gasteiger partial charge in [0, 0.05) is 13.6 Å². The molecule has 2 heterocycles. The van der Waals surface area contributed by atoms with Crippen LogP contribution in [0.2, 0.25) is 0 Å². The van der Waals surface area contributed by atoms with Gasteiger partial charge in [-0.3, -0.25) is 14.3 Å². The third-order valence-electron chi connectivity index (χ3n) is 4.16. The lowest BCUT2D eigenvalue weighted by atomic mass is 10.1. The predicted molar refractivity (Wildman–Crippen MR) is 104 cm³/mol. The van der Waals surface area contributed by atoms with E-state index in [0.29, 0.717) is 29.4 Å². The molecule has 3 aromatic rings. The highest BCUT2D eigenvalue weighted by Crippen LogP contribution is 2.18. The van der Waals surface area contributed by atoms with E-state index in [4.69, 9.17) is 0 Å². The fraction of sp³-hybridized carbons (Fsp3) is 0.333. The summed E-state index contributed by atoms with van der Waals surface area (Å²) < 4.78 is 3.03. The zero-order valence-electron chi connectivity index (χ0n) is 15.6. The van der Waals surface area contributed by atoms with Crippen LogP contribution in [-0.4, -0.2) is 29.9 Å². The SMILES string of the molecule is CC(=NNc1nc2c(c(=O)[nH]c(=O)n2C)n1CC(C)C)c1ccc(O)cc1. The molecule has 0 unspecified atom stereocenters. The summed E-state index contributed by atoms with van der Waals surface area (Å²) in [6, 6.07) is 6.66. The molecular weight excluding hydrogens is 348 g/mol. The van der Waals surface area contributed by atoms with Crippen molar-refractivity contribution in [2.24, 2.45) is 18.1 Å². The number of H-pyrrole nitrogens is 1. The average molecular weight is 370 g/mol. The van der Waals surface area contributed by atoms with Crippen molar-refractivity contribution in [1.29, 1.82) is 0 Å². The van der Waals surface area contributed by atoms with Crippen LogP contribution in [0.1, 0.15) is 26.3 Å². The molecule has 0 spiro atoms. The third kappa shape index (κ3) is 3.62. The molecule has 0 aliphatic rings. The van der Waals surface area contributed by atoms with Gasteiger partial charge in [0.05, 0.1) is 5.71 Å². The van der Waals surface area contributed by atoms with Gasteiger partial charge in [-0.25, -0.2) is 10.2 Å². The average Bonchev–Trinajstić information content (AvgIpc) is 2.96. The van der Waals surface area contributed by atoms with E-state index in [9.17, 15) is 14.7 Å². The Hall–Kier alpha value is -3.36. The normalized spacial score (nSPS) is 12.1. The standard InChI is InChI=1S/C18H22N6O3/c1-10(2)9-24-14-15(23(4)18(27)20-16(14)26)19-17(24)22-21-11(3)12-5-7-13(25)8-6-12/h5-8,10,25H,9H2,1-4H3,(H,19,22)(H,20,26,27). The number of fused-ring (bicyclic) bond motifs is 1. The van der Waals surface area contributed by atoms with Crippen LogP contribution in [0.5, 0.6) is 5.75 Å². The summed E-state index contributed by atoms with van der Waals surface area (Å²) in [6.45, 7) is 6.40. The Morgan fingerprint density at radius 2 is 1.96 bits per heavy atom. The van der Waals surface area contributed by atoms with Gasteiger partial charge < -0.3 is 9.67 Å². The van der Waals surface area contributed by atoms with Gasteiger partial charge >= 0.3 is 5.69 Å². The number of phenols is 1. The smallest absolute Gasteiger partial charge is 0.329 e. The zero-order valence-corrected chi connectivity index (χ0v) is 15.6. The van der Waals surface area contributed by atoms with Gasteiger partial charge in [-0.15, -0.1) is 0 Å². The molecule has 3 N–H and O–H groups in total. The van der Waals surface area contributed by atoms with Gasteiger partial charge in [0.1, 0.15) is 5.75 Å². The number of aromatic nitrogens is 4. The number of hydrazone groups is 1. The van der Waals surface area contributed by atoms with Gasteiger partial charge in [0.25, 0.3) is 5.56 Å². The number of aromatic hydroxyl groups is 1. The van der Waals surface area contributed by atoms with Gasteiger partial charge in [-0.05, 0) is 42.7 Å². The van der Waals surface area contributed by atoms with Crippen LogP contribution in [0, 0.1) is 5.92 Å². The van der Waals surface area contributed by atoms with Crippen molar-refractivity contribution in [1.82, 2.24) is 19.1 Å². The molecule has 0 atom stereocenters. The van der Waals surface area contributed by atoms with Crippen molar-refractivity contribution >= 4 is 22.8 Å². The number of aryl methyl sites for hydroxylation is 1. The molecule has 0 aliphatic heterocycles. The topological polar surface area (TPSA) is 117 Å². The maximum atomic E-state index is 12.3. The second-order valence-electron chi connectivity index (χ2n) is 6.79. The highest BCUT2D eigenvalue weighted by atomic mass is 16.3. The minimum absolute atomic E-state index is 0.179. The van der Waals surface area contributed by atoms with E-state index in [2.05, 4.69) is 20.5 Å².